The topological polar surface area (TPSA) is 29.1 Å². The van der Waals surface area contributed by atoms with Crippen LogP contribution in [0.25, 0.3) is 0 Å². The van der Waals surface area contributed by atoms with Gasteiger partial charge in [-0.15, -0.1) is 11.6 Å². The number of alkyl halides is 1. The van der Waals surface area contributed by atoms with Crippen LogP contribution >= 0.6 is 11.6 Å². The van der Waals surface area contributed by atoms with Crippen molar-refractivity contribution >= 4 is 17.5 Å². The maximum Gasteiger partial charge on any atom is 0.221 e. The first-order valence-corrected chi connectivity index (χ1v) is 2.95. The summed E-state index contributed by atoms with van der Waals surface area (Å²) in [6.45, 7) is 1.79. The number of halogens is 1. The fourth-order valence-electron chi connectivity index (χ4n) is 0.358. The molecule has 1 unspecified atom stereocenters. The smallest absolute Gasteiger partial charge is 0.221 e. The zero-order valence-corrected chi connectivity index (χ0v) is 5.83. The van der Waals surface area contributed by atoms with Crippen molar-refractivity contribution in [3.63, 3.8) is 0 Å². The van der Waals surface area contributed by atoms with Crippen LogP contribution in [0, 0.1) is 0 Å². The molecule has 8 heavy (non-hydrogen) atoms. The van der Waals surface area contributed by atoms with Gasteiger partial charge in [0.05, 0.1) is 0 Å². The van der Waals surface area contributed by atoms with Gasteiger partial charge in [0.1, 0.15) is 0 Å². The van der Waals surface area contributed by atoms with Gasteiger partial charge < -0.3 is 5.32 Å². The molecule has 3 heteroatoms. The minimum atomic E-state index is -0.0602. The molecule has 0 aromatic carbocycles. The molecule has 0 fully saturated rings. The molecule has 0 bridgehead atoms. The quantitative estimate of drug-likeness (QED) is 0.557. The largest absolute Gasteiger partial charge is 0.359 e. The highest BCUT2D eigenvalue weighted by Gasteiger charge is 2.01. The van der Waals surface area contributed by atoms with Crippen molar-refractivity contribution in [2.24, 2.45) is 0 Å². The van der Waals surface area contributed by atoms with E-state index in [0.29, 0.717) is 6.42 Å². The van der Waals surface area contributed by atoms with Gasteiger partial charge in [0.25, 0.3) is 0 Å². The van der Waals surface area contributed by atoms with E-state index in [1.807, 2.05) is 0 Å². The summed E-state index contributed by atoms with van der Waals surface area (Å²) in [4.78, 5) is 10.4. The minimum absolute atomic E-state index is 0.00694. The molecule has 0 aliphatic heterocycles. The molecule has 0 aromatic rings. The summed E-state index contributed by atoms with van der Waals surface area (Å²) in [5.41, 5.74) is 0. The molecule has 0 aliphatic carbocycles. The Bertz CT molecular complexity index is 82.5. The number of hydrogen-bond donors (Lipinski definition) is 1. The first kappa shape index (κ1) is 7.76. The van der Waals surface area contributed by atoms with Crippen LogP contribution in [0.3, 0.4) is 0 Å². The summed E-state index contributed by atoms with van der Waals surface area (Å²) in [7, 11) is 1.60. The predicted octanol–water partition coefficient (Wildman–Crippen LogP) is 0.750. The van der Waals surface area contributed by atoms with Crippen LogP contribution in [0.15, 0.2) is 0 Å². The second-order valence-corrected chi connectivity index (χ2v) is 2.40. The van der Waals surface area contributed by atoms with Gasteiger partial charge in [-0.3, -0.25) is 4.79 Å². The van der Waals surface area contributed by atoms with E-state index in [0.717, 1.165) is 0 Å². The molecular formula is C5H10ClNO. The molecule has 0 saturated heterocycles. The number of nitrogens with one attached hydrogen (secondary N) is 1. The molecule has 2 nitrogen and oxygen atoms in total. The Morgan fingerprint density at radius 3 is 2.50 bits per heavy atom. The minimum Gasteiger partial charge on any atom is -0.359 e. The Labute approximate surface area is 54.2 Å². The number of amides is 1. The molecule has 1 amide bonds. The van der Waals surface area contributed by atoms with Crippen LogP contribution in [0.2, 0.25) is 0 Å². The highest BCUT2D eigenvalue weighted by molar-refractivity contribution is 6.21. The molecule has 48 valence electrons. The Kier molecular flexibility index (Phi) is 3.61. The third kappa shape index (κ3) is 3.93. The first-order chi connectivity index (χ1) is 3.66. The summed E-state index contributed by atoms with van der Waals surface area (Å²) >= 11 is 5.49. The molecular weight excluding hydrogens is 126 g/mol. The van der Waals surface area contributed by atoms with E-state index in [9.17, 15) is 4.79 Å². The predicted molar refractivity (Wildman–Crippen MR) is 34.0 cm³/mol. The van der Waals surface area contributed by atoms with E-state index in [4.69, 9.17) is 11.6 Å². The van der Waals surface area contributed by atoms with Crippen molar-refractivity contribution in [2.45, 2.75) is 18.7 Å². The molecule has 0 rings (SSSR count). The lowest BCUT2D eigenvalue weighted by Crippen LogP contribution is -2.20. The van der Waals surface area contributed by atoms with Crippen molar-refractivity contribution in [2.75, 3.05) is 7.05 Å². The summed E-state index contributed by atoms with van der Waals surface area (Å²) < 4.78 is 0. The second kappa shape index (κ2) is 3.72. The van der Waals surface area contributed by atoms with Gasteiger partial charge >= 0.3 is 0 Å². The van der Waals surface area contributed by atoms with E-state index >= 15 is 0 Å². The zero-order valence-electron chi connectivity index (χ0n) is 5.07. The number of carbonyl (C=O) groups is 1. The van der Waals surface area contributed by atoms with E-state index in [-0.39, 0.29) is 11.3 Å². The highest BCUT2D eigenvalue weighted by atomic mass is 35.5. The monoisotopic (exact) mass is 135 g/mol. The van der Waals surface area contributed by atoms with Crippen molar-refractivity contribution < 1.29 is 4.79 Å². The standard InChI is InChI=1S/C5H10ClNO/c1-4(6)3-5(8)7-2/h4H,3H2,1-2H3,(H,7,8). The Morgan fingerprint density at radius 1 is 1.88 bits per heavy atom. The average molecular weight is 136 g/mol. The number of carbonyl (C=O) groups excluding carboxylic acids is 1. The van der Waals surface area contributed by atoms with Gasteiger partial charge in [0.15, 0.2) is 0 Å². The van der Waals surface area contributed by atoms with Gasteiger partial charge in [-0.05, 0) is 6.92 Å². The first-order valence-electron chi connectivity index (χ1n) is 2.51. The average Bonchev–Trinajstić information content (AvgIpc) is 1.65. The van der Waals surface area contributed by atoms with Crippen LogP contribution in [0.4, 0.5) is 0 Å². The van der Waals surface area contributed by atoms with Gasteiger partial charge in [-0.2, -0.15) is 0 Å². The van der Waals surface area contributed by atoms with Crippen LogP contribution < -0.4 is 5.32 Å². The Morgan fingerprint density at radius 2 is 2.38 bits per heavy atom. The normalized spacial score (nSPS) is 12.9. The van der Waals surface area contributed by atoms with Gasteiger partial charge in [-0.1, -0.05) is 0 Å². The van der Waals surface area contributed by atoms with E-state index in [1.54, 1.807) is 14.0 Å². The number of rotatable bonds is 2. The maximum absolute atomic E-state index is 10.4. The van der Waals surface area contributed by atoms with E-state index in [1.165, 1.54) is 0 Å². The lowest BCUT2D eigenvalue weighted by molar-refractivity contribution is -0.120. The number of hydrogen-bond acceptors (Lipinski definition) is 1. The summed E-state index contributed by atoms with van der Waals surface area (Å²) in [6, 6.07) is 0. The van der Waals surface area contributed by atoms with E-state index < -0.39 is 0 Å². The molecule has 0 heterocycles. The second-order valence-electron chi connectivity index (χ2n) is 1.66. The fraction of sp³-hybridized carbons (Fsp3) is 0.800. The molecule has 0 aromatic heterocycles. The summed E-state index contributed by atoms with van der Waals surface area (Å²) in [6.07, 6.45) is 0.401. The van der Waals surface area contributed by atoms with Crippen LogP contribution in [0.1, 0.15) is 13.3 Å². The Balaban J connectivity index is 3.25. The molecule has 0 saturated carbocycles. The molecule has 0 spiro atoms. The van der Waals surface area contributed by atoms with Crippen molar-refractivity contribution in [3.05, 3.63) is 0 Å². The third-order valence-corrected chi connectivity index (χ3v) is 0.900. The summed E-state index contributed by atoms with van der Waals surface area (Å²) in [5.74, 6) is -0.00694. The fourth-order valence-corrected chi connectivity index (χ4v) is 0.498. The molecule has 1 atom stereocenters. The van der Waals surface area contributed by atoms with Gasteiger partial charge in [0.2, 0.25) is 5.91 Å². The van der Waals surface area contributed by atoms with Crippen LogP contribution in [-0.4, -0.2) is 18.3 Å². The van der Waals surface area contributed by atoms with Gasteiger partial charge in [-0.25, -0.2) is 0 Å². The van der Waals surface area contributed by atoms with Crippen molar-refractivity contribution in [3.8, 4) is 0 Å². The molecule has 0 aliphatic rings. The zero-order chi connectivity index (χ0) is 6.57. The van der Waals surface area contributed by atoms with E-state index in [2.05, 4.69) is 5.32 Å². The maximum atomic E-state index is 10.4. The third-order valence-electron chi connectivity index (χ3n) is 0.746. The van der Waals surface area contributed by atoms with Crippen molar-refractivity contribution in [1.29, 1.82) is 0 Å². The van der Waals surface area contributed by atoms with Crippen LogP contribution in [-0.2, 0) is 4.79 Å². The lowest BCUT2D eigenvalue weighted by Gasteiger charge is -1.98. The van der Waals surface area contributed by atoms with Crippen molar-refractivity contribution in [1.82, 2.24) is 5.32 Å². The van der Waals surface area contributed by atoms with Crippen LogP contribution in [0.5, 0.6) is 0 Å². The Hall–Kier alpha value is -0.240. The SMILES string of the molecule is CNC(=O)CC(C)Cl. The molecule has 1 N–H and O–H groups in total. The lowest BCUT2D eigenvalue weighted by atomic mass is 10.3. The highest BCUT2D eigenvalue weighted by Crippen LogP contribution is 1.97. The summed E-state index contributed by atoms with van der Waals surface area (Å²) in [5, 5.41) is 2.41. The van der Waals surface area contributed by atoms with Gasteiger partial charge in [0, 0.05) is 18.8 Å². The molecule has 0 radical (unpaired) electrons.